The molecule has 0 aliphatic carbocycles. The van der Waals surface area contributed by atoms with Crippen molar-refractivity contribution in [3.63, 3.8) is 0 Å². The second-order valence-electron chi connectivity index (χ2n) is 9.70. The van der Waals surface area contributed by atoms with Gasteiger partial charge in [0.2, 0.25) is 5.91 Å². The molecule has 3 atom stereocenters. The number of piperidine rings is 1. The first-order valence-corrected chi connectivity index (χ1v) is 12.2. The van der Waals surface area contributed by atoms with Crippen LogP contribution in [0.15, 0.2) is 30.3 Å². The van der Waals surface area contributed by atoms with Crippen molar-refractivity contribution in [2.45, 2.75) is 70.9 Å². The van der Waals surface area contributed by atoms with Gasteiger partial charge in [-0.05, 0) is 58.1 Å². The molecule has 9 nitrogen and oxygen atoms in total. The summed E-state index contributed by atoms with van der Waals surface area (Å²) < 4.78 is 0. The van der Waals surface area contributed by atoms with Gasteiger partial charge >= 0.3 is 6.03 Å². The Balaban J connectivity index is 1.50. The Hall–Kier alpha value is -2.94. The molecule has 3 rings (SSSR count). The molecule has 0 radical (unpaired) electrons. The molecule has 1 aromatic rings. The van der Waals surface area contributed by atoms with Gasteiger partial charge in [-0.2, -0.15) is 5.01 Å². The van der Waals surface area contributed by atoms with Crippen LogP contribution in [0.3, 0.4) is 0 Å². The lowest BCUT2D eigenvalue weighted by Crippen LogP contribution is -2.53. The number of hydrazine groups is 1. The molecule has 3 N–H and O–H groups in total. The molecule has 2 fully saturated rings. The van der Waals surface area contributed by atoms with Crippen LogP contribution < -0.4 is 16.1 Å². The molecule has 2 aliphatic rings. The number of benzene rings is 1. The fraction of sp³-hybridized carbons (Fsp3) is 0.600. The van der Waals surface area contributed by atoms with Crippen LogP contribution in [-0.4, -0.2) is 64.9 Å². The van der Waals surface area contributed by atoms with Gasteiger partial charge in [-0.25, -0.2) is 4.79 Å². The van der Waals surface area contributed by atoms with E-state index in [-0.39, 0.29) is 24.4 Å². The number of amides is 5. The third-order valence-electron chi connectivity index (χ3n) is 6.61. The molecule has 5 amide bonds. The predicted octanol–water partition coefficient (Wildman–Crippen LogP) is 1.98. The van der Waals surface area contributed by atoms with E-state index in [1.54, 1.807) is 6.92 Å². The zero-order valence-electron chi connectivity index (χ0n) is 20.4. The molecule has 0 bridgehead atoms. The SMILES string of the molecule is CCCC(C)NC(=O)C1CCCN(CC(=O)NN2C(=O)NC(C)(CCc3ccccc3)C2=O)C1. The normalized spacial score (nSPS) is 24.0. The largest absolute Gasteiger partial charge is 0.353 e. The van der Waals surface area contributed by atoms with Crippen molar-refractivity contribution in [3.05, 3.63) is 35.9 Å². The van der Waals surface area contributed by atoms with Gasteiger partial charge in [-0.1, -0.05) is 43.7 Å². The first-order chi connectivity index (χ1) is 16.2. The van der Waals surface area contributed by atoms with E-state index in [1.165, 1.54) is 0 Å². The molecular formula is C25H37N5O4. The molecule has 2 aliphatic heterocycles. The Morgan fingerprint density at radius 3 is 2.68 bits per heavy atom. The second-order valence-corrected chi connectivity index (χ2v) is 9.70. The molecule has 9 heteroatoms. The number of aryl methyl sites for hydroxylation is 1. The number of carbonyl (C=O) groups excluding carboxylic acids is 4. The highest BCUT2D eigenvalue weighted by atomic mass is 16.2. The van der Waals surface area contributed by atoms with Crippen LogP contribution in [0.5, 0.6) is 0 Å². The monoisotopic (exact) mass is 471 g/mol. The number of hydrogen-bond acceptors (Lipinski definition) is 5. The summed E-state index contributed by atoms with van der Waals surface area (Å²) in [6.45, 7) is 6.95. The number of nitrogens with one attached hydrogen (secondary N) is 3. The number of imide groups is 1. The number of likely N-dealkylation sites (tertiary alicyclic amines) is 1. The van der Waals surface area contributed by atoms with E-state index in [0.29, 0.717) is 25.9 Å². The molecule has 2 saturated heterocycles. The number of urea groups is 1. The average molecular weight is 472 g/mol. The molecular weight excluding hydrogens is 434 g/mol. The molecule has 1 aromatic carbocycles. The quantitative estimate of drug-likeness (QED) is 0.452. The predicted molar refractivity (Wildman–Crippen MR) is 128 cm³/mol. The minimum absolute atomic E-state index is 0.0199. The van der Waals surface area contributed by atoms with E-state index < -0.39 is 23.4 Å². The second kappa shape index (κ2) is 11.5. The van der Waals surface area contributed by atoms with Gasteiger partial charge in [0.25, 0.3) is 11.8 Å². The molecule has 3 unspecified atom stereocenters. The smallest absolute Gasteiger partial charge is 0.344 e. The van der Waals surface area contributed by atoms with Crippen molar-refractivity contribution < 1.29 is 19.2 Å². The highest BCUT2D eigenvalue weighted by molar-refractivity contribution is 6.07. The van der Waals surface area contributed by atoms with E-state index in [2.05, 4.69) is 23.0 Å². The molecule has 0 aromatic heterocycles. The lowest BCUT2D eigenvalue weighted by atomic mass is 9.93. The highest BCUT2D eigenvalue weighted by Gasteiger charge is 2.48. The third kappa shape index (κ3) is 6.56. The van der Waals surface area contributed by atoms with Crippen molar-refractivity contribution in [1.29, 1.82) is 0 Å². The Bertz CT molecular complexity index is 893. The van der Waals surface area contributed by atoms with Crippen LogP contribution in [0.1, 0.15) is 58.4 Å². The molecule has 0 spiro atoms. The van der Waals surface area contributed by atoms with E-state index in [1.807, 2.05) is 42.2 Å². The summed E-state index contributed by atoms with van der Waals surface area (Å²) in [5, 5.41) is 6.56. The van der Waals surface area contributed by atoms with Crippen LogP contribution in [0, 0.1) is 5.92 Å². The Kier molecular flexibility index (Phi) is 8.66. The van der Waals surface area contributed by atoms with Crippen molar-refractivity contribution >= 4 is 23.8 Å². The first-order valence-electron chi connectivity index (χ1n) is 12.2. The minimum atomic E-state index is -1.08. The van der Waals surface area contributed by atoms with Crippen LogP contribution >= 0.6 is 0 Å². The van der Waals surface area contributed by atoms with Crippen molar-refractivity contribution in [2.24, 2.45) is 5.92 Å². The number of carbonyl (C=O) groups is 4. The van der Waals surface area contributed by atoms with Crippen LogP contribution in [0.4, 0.5) is 4.79 Å². The van der Waals surface area contributed by atoms with Crippen LogP contribution in [0.2, 0.25) is 0 Å². The summed E-state index contributed by atoms with van der Waals surface area (Å²) in [4.78, 5) is 52.5. The van der Waals surface area contributed by atoms with E-state index in [0.717, 1.165) is 36.3 Å². The van der Waals surface area contributed by atoms with Gasteiger partial charge in [0.1, 0.15) is 5.54 Å². The number of nitrogens with zero attached hydrogens (tertiary/aromatic N) is 2. The summed E-state index contributed by atoms with van der Waals surface area (Å²) in [7, 11) is 0. The van der Waals surface area contributed by atoms with Crippen LogP contribution in [0.25, 0.3) is 0 Å². The Labute approximate surface area is 201 Å². The lowest BCUT2D eigenvalue weighted by Gasteiger charge is -2.32. The van der Waals surface area contributed by atoms with Gasteiger partial charge in [-0.15, -0.1) is 0 Å². The maximum atomic E-state index is 12.9. The molecule has 34 heavy (non-hydrogen) atoms. The van der Waals surface area contributed by atoms with E-state index in [4.69, 9.17) is 0 Å². The maximum Gasteiger partial charge on any atom is 0.344 e. The number of rotatable bonds is 10. The van der Waals surface area contributed by atoms with Gasteiger partial charge in [0.05, 0.1) is 12.5 Å². The zero-order chi connectivity index (χ0) is 24.7. The van der Waals surface area contributed by atoms with Gasteiger partial charge in [0.15, 0.2) is 0 Å². The van der Waals surface area contributed by atoms with E-state index in [9.17, 15) is 19.2 Å². The van der Waals surface area contributed by atoms with Crippen molar-refractivity contribution in [3.8, 4) is 0 Å². The lowest BCUT2D eigenvalue weighted by molar-refractivity contribution is -0.139. The zero-order valence-corrected chi connectivity index (χ0v) is 20.4. The fourth-order valence-corrected chi connectivity index (χ4v) is 4.64. The highest BCUT2D eigenvalue weighted by Crippen LogP contribution is 2.22. The fourth-order valence-electron chi connectivity index (χ4n) is 4.64. The molecule has 186 valence electrons. The average Bonchev–Trinajstić information content (AvgIpc) is 3.02. The van der Waals surface area contributed by atoms with Crippen molar-refractivity contribution in [1.82, 2.24) is 26.0 Å². The third-order valence-corrected chi connectivity index (χ3v) is 6.61. The summed E-state index contributed by atoms with van der Waals surface area (Å²) in [5.74, 6) is -1.06. The summed E-state index contributed by atoms with van der Waals surface area (Å²) in [6, 6.07) is 9.23. The molecule has 2 heterocycles. The minimum Gasteiger partial charge on any atom is -0.353 e. The van der Waals surface area contributed by atoms with Crippen molar-refractivity contribution in [2.75, 3.05) is 19.6 Å². The summed E-state index contributed by atoms with van der Waals surface area (Å²) in [6.07, 6.45) is 4.59. The van der Waals surface area contributed by atoms with E-state index >= 15 is 0 Å². The Morgan fingerprint density at radius 2 is 1.97 bits per heavy atom. The molecule has 0 saturated carbocycles. The maximum absolute atomic E-state index is 12.9. The van der Waals surface area contributed by atoms with Gasteiger partial charge in [0, 0.05) is 12.6 Å². The summed E-state index contributed by atoms with van der Waals surface area (Å²) in [5.41, 5.74) is 2.45. The van der Waals surface area contributed by atoms with Crippen LogP contribution in [-0.2, 0) is 20.8 Å². The standard InChI is InChI=1S/C25H37N5O4/c1-4-9-18(2)26-22(32)20-12-8-15-29(16-20)17-21(31)28-30-23(33)25(3,27-24(30)34)14-13-19-10-6-5-7-11-19/h5-7,10-11,18,20H,4,8-9,12-17H2,1-3H3,(H,26,32)(H,27,34)(H,28,31). The van der Waals surface area contributed by atoms with Gasteiger partial charge in [-0.3, -0.25) is 24.7 Å². The van der Waals surface area contributed by atoms with Gasteiger partial charge < -0.3 is 10.6 Å². The topological polar surface area (TPSA) is 111 Å². The Morgan fingerprint density at radius 1 is 1.24 bits per heavy atom. The number of hydrogen-bond donors (Lipinski definition) is 3. The summed E-state index contributed by atoms with van der Waals surface area (Å²) >= 11 is 0. The first kappa shape index (κ1) is 25.7.